The molecule has 0 aliphatic heterocycles. The molecule has 0 saturated heterocycles. The van der Waals surface area contributed by atoms with Gasteiger partial charge in [-0.15, -0.1) is 0 Å². The number of ether oxygens (including phenoxy) is 1. The average Bonchev–Trinajstić information content (AvgIpc) is 2.34. The first-order valence-corrected chi connectivity index (χ1v) is 5.64. The topological polar surface area (TPSA) is 29.5 Å². The molecule has 2 rings (SSSR count). The van der Waals surface area contributed by atoms with Crippen molar-refractivity contribution in [2.75, 3.05) is 0 Å². The molecule has 0 spiro atoms. The lowest BCUT2D eigenvalue weighted by atomic mass is 10.1. The first kappa shape index (κ1) is 11.7. The molecule has 0 bridgehead atoms. The van der Waals surface area contributed by atoms with Crippen molar-refractivity contribution in [2.24, 2.45) is 0 Å². The fraction of sp³-hybridized carbons (Fsp3) is 0.200. The van der Waals surface area contributed by atoms with Crippen LogP contribution in [0, 0.1) is 13.8 Å². The minimum absolute atomic E-state index is 0.0129. The molecule has 0 radical (unpaired) electrons. The summed E-state index contributed by atoms with van der Waals surface area (Å²) < 4.78 is 5.85. The van der Waals surface area contributed by atoms with Crippen LogP contribution in [-0.4, -0.2) is 5.11 Å². The van der Waals surface area contributed by atoms with Gasteiger partial charge in [0.05, 0.1) is 6.61 Å². The van der Waals surface area contributed by atoms with E-state index in [1.165, 1.54) is 0 Å². The van der Waals surface area contributed by atoms with E-state index in [2.05, 4.69) is 6.07 Å². The summed E-state index contributed by atoms with van der Waals surface area (Å²) in [4.78, 5) is 0. The summed E-state index contributed by atoms with van der Waals surface area (Å²) in [6, 6.07) is 13.6. The van der Waals surface area contributed by atoms with Crippen molar-refractivity contribution in [3.8, 4) is 11.5 Å². The molecule has 0 aliphatic rings. The lowest BCUT2D eigenvalue weighted by Crippen LogP contribution is -1.93. The monoisotopic (exact) mass is 228 g/mol. The van der Waals surface area contributed by atoms with Crippen LogP contribution in [0.4, 0.5) is 0 Å². The van der Waals surface area contributed by atoms with E-state index in [0.29, 0.717) is 5.75 Å². The van der Waals surface area contributed by atoms with Crippen molar-refractivity contribution in [3.63, 3.8) is 0 Å². The molecular weight excluding hydrogens is 212 g/mol. The van der Waals surface area contributed by atoms with Gasteiger partial charge in [-0.25, -0.2) is 0 Å². The van der Waals surface area contributed by atoms with E-state index < -0.39 is 0 Å². The highest BCUT2D eigenvalue weighted by Crippen LogP contribution is 2.28. The van der Waals surface area contributed by atoms with Gasteiger partial charge in [-0.2, -0.15) is 0 Å². The Kier molecular flexibility index (Phi) is 3.45. The summed E-state index contributed by atoms with van der Waals surface area (Å²) in [7, 11) is 0. The number of hydrogen-bond donors (Lipinski definition) is 1. The van der Waals surface area contributed by atoms with E-state index in [9.17, 15) is 5.11 Å². The summed E-state index contributed by atoms with van der Waals surface area (Å²) in [5, 5.41) is 9.24. The molecule has 0 amide bonds. The van der Waals surface area contributed by atoms with Crippen LogP contribution in [0.15, 0.2) is 42.5 Å². The Morgan fingerprint density at radius 1 is 1.00 bits per heavy atom. The Hall–Kier alpha value is -1.80. The van der Waals surface area contributed by atoms with Crippen LogP contribution in [0.25, 0.3) is 0 Å². The van der Waals surface area contributed by atoms with Gasteiger partial charge in [0, 0.05) is 5.56 Å². The van der Waals surface area contributed by atoms with Gasteiger partial charge in [0.15, 0.2) is 0 Å². The molecular formula is C15H16O2. The second-order valence-electron chi connectivity index (χ2n) is 4.14. The molecule has 2 aromatic rings. The van der Waals surface area contributed by atoms with E-state index in [4.69, 9.17) is 4.74 Å². The molecule has 0 saturated carbocycles. The average molecular weight is 228 g/mol. The molecule has 2 heteroatoms. The van der Waals surface area contributed by atoms with Gasteiger partial charge in [-0.05, 0) is 37.1 Å². The third-order valence-corrected chi connectivity index (χ3v) is 2.71. The van der Waals surface area contributed by atoms with Crippen molar-refractivity contribution in [1.29, 1.82) is 0 Å². The van der Waals surface area contributed by atoms with Gasteiger partial charge in [0.25, 0.3) is 0 Å². The van der Waals surface area contributed by atoms with Gasteiger partial charge in [0.2, 0.25) is 0 Å². The lowest BCUT2D eigenvalue weighted by molar-refractivity contribution is 0.276. The highest BCUT2D eigenvalue weighted by atomic mass is 16.5. The van der Waals surface area contributed by atoms with Crippen molar-refractivity contribution < 1.29 is 9.84 Å². The number of aliphatic hydroxyl groups excluding tert-OH is 1. The second kappa shape index (κ2) is 5.02. The fourth-order valence-electron chi connectivity index (χ4n) is 1.67. The fourth-order valence-corrected chi connectivity index (χ4v) is 1.67. The Morgan fingerprint density at radius 2 is 1.76 bits per heavy atom. The predicted molar refractivity (Wildman–Crippen MR) is 68.4 cm³/mol. The smallest absolute Gasteiger partial charge is 0.132 e. The number of rotatable bonds is 3. The molecule has 0 heterocycles. The summed E-state index contributed by atoms with van der Waals surface area (Å²) >= 11 is 0. The Bertz CT molecular complexity index is 518. The third-order valence-electron chi connectivity index (χ3n) is 2.71. The number of hydrogen-bond acceptors (Lipinski definition) is 2. The van der Waals surface area contributed by atoms with Gasteiger partial charge < -0.3 is 9.84 Å². The number of aliphatic hydroxyl groups is 1. The summed E-state index contributed by atoms with van der Waals surface area (Å²) in [5.41, 5.74) is 3.05. The molecule has 0 aromatic heterocycles. The molecule has 1 N–H and O–H groups in total. The van der Waals surface area contributed by atoms with E-state index in [0.717, 1.165) is 22.4 Å². The van der Waals surface area contributed by atoms with Gasteiger partial charge in [-0.3, -0.25) is 0 Å². The zero-order valence-corrected chi connectivity index (χ0v) is 10.1. The van der Waals surface area contributed by atoms with E-state index in [-0.39, 0.29) is 6.61 Å². The lowest BCUT2D eigenvalue weighted by Gasteiger charge is -2.12. The number of para-hydroxylation sites is 1. The van der Waals surface area contributed by atoms with Crippen LogP contribution < -0.4 is 4.74 Å². The van der Waals surface area contributed by atoms with Crippen molar-refractivity contribution in [2.45, 2.75) is 20.5 Å². The van der Waals surface area contributed by atoms with Gasteiger partial charge >= 0.3 is 0 Å². The maximum absolute atomic E-state index is 9.24. The molecule has 2 aromatic carbocycles. The minimum Gasteiger partial charge on any atom is -0.457 e. The Balaban J connectivity index is 2.34. The highest BCUT2D eigenvalue weighted by Gasteiger charge is 2.05. The summed E-state index contributed by atoms with van der Waals surface area (Å²) in [5.74, 6) is 1.55. The number of aryl methyl sites for hydroxylation is 2. The van der Waals surface area contributed by atoms with Crippen LogP contribution in [0.2, 0.25) is 0 Å². The first-order chi connectivity index (χ1) is 8.20. The molecule has 0 unspecified atom stereocenters. The summed E-state index contributed by atoms with van der Waals surface area (Å²) in [6.45, 7) is 4.03. The van der Waals surface area contributed by atoms with Gasteiger partial charge in [-0.1, -0.05) is 30.3 Å². The molecule has 17 heavy (non-hydrogen) atoms. The standard InChI is InChI=1S/C15H16O2/c1-11-7-8-12(2)15(9-11)17-14-6-4-3-5-13(14)10-16/h3-9,16H,10H2,1-2H3. The van der Waals surface area contributed by atoms with Crippen LogP contribution in [0.1, 0.15) is 16.7 Å². The third kappa shape index (κ3) is 2.66. The maximum Gasteiger partial charge on any atom is 0.132 e. The maximum atomic E-state index is 9.24. The van der Waals surface area contributed by atoms with E-state index in [1.807, 2.05) is 50.2 Å². The summed E-state index contributed by atoms with van der Waals surface area (Å²) in [6.07, 6.45) is 0. The number of benzene rings is 2. The van der Waals surface area contributed by atoms with Crippen molar-refractivity contribution in [1.82, 2.24) is 0 Å². The zero-order chi connectivity index (χ0) is 12.3. The first-order valence-electron chi connectivity index (χ1n) is 5.64. The Morgan fingerprint density at radius 3 is 2.53 bits per heavy atom. The van der Waals surface area contributed by atoms with Crippen molar-refractivity contribution >= 4 is 0 Å². The minimum atomic E-state index is -0.0129. The van der Waals surface area contributed by atoms with Crippen LogP contribution in [0.3, 0.4) is 0 Å². The van der Waals surface area contributed by atoms with Crippen molar-refractivity contribution in [3.05, 3.63) is 59.2 Å². The SMILES string of the molecule is Cc1ccc(C)c(Oc2ccccc2CO)c1. The normalized spacial score (nSPS) is 10.3. The molecule has 0 aliphatic carbocycles. The van der Waals surface area contributed by atoms with E-state index in [1.54, 1.807) is 0 Å². The largest absolute Gasteiger partial charge is 0.457 e. The molecule has 88 valence electrons. The van der Waals surface area contributed by atoms with Crippen LogP contribution >= 0.6 is 0 Å². The highest BCUT2D eigenvalue weighted by molar-refractivity contribution is 5.42. The second-order valence-corrected chi connectivity index (χ2v) is 4.14. The van der Waals surface area contributed by atoms with Crippen LogP contribution in [-0.2, 0) is 6.61 Å². The van der Waals surface area contributed by atoms with Gasteiger partial charge in [0.1, 0.15) is 11.5 Å². The molecule has 2 nitrogen and oxygen atoms in total. The quantitative estimate of drug-likeness (QED) is 0.870. The Labute approximate surface area is 101 Å². The van der Waals surface area contributed by atoms with Crippen LogP contribution in [0.5, 0.6) is 11.5 Å². The molecule has 0 fully saturated rings. The molecule has 0 atom stereocenters. The zero-order valence-electron chi connectivity index (χ0n) is 10.1. The predicted octanol–water partition coefficient (Wildman–Crippen LogP) is 3.59. The van der Waals surface area contributed by atoms with E-state index >= 15 is 0 Å².